The highest BCUT2D eigenvalue weighted by molar-refractivity contribution is 5.65. The fourth-order valence-corrected chi connectivity index (χ4v) is 2.35. The lowest BCUT2D eigenvalue weighted by molar-refractivity contribution is 0.761. The molecule has 4 bridgehead atoms. The van der Waals surface area contributed by atoms with E-state index in [9.17, 15) is 0 Å². The van der Waals surface area contributed by atoms with Gasteiger partial charge in [0, 0.05) is 0 Å². The lowest BCUT2D eigenvalue weighted by Gasteiger charge is -2.10. The second-order valence-corrected chi connectivity index (χ2v) is 4.43. The first kappa shape index (κ1) is 8.72. The summed E-state index contributed by atoms with van der Waals surface area (Å²) in [6, 6.07) is 17.9. The van der Waals surface area contributed by atoms with Crippen molar-refractivity contribution < 1.29 is 0 Å². The van der Waals surface area contributed by atoms with Gasteiger partial charge in [0.15, 0.2) is 0 Å². The Morgan fingerprint density at radius 3 is 2.53 bits per heavy atom. The Kier molecular flexibility index (Phi) is 1.88. The van der Waals surface area contributed by atoms with E-state index >= 15 is 0 Å². The van der Waals surface area contributed by atoms with Crippen LogP contribution in [0.3, 0.4) is 0 Å². The van der Waals surface area contributed by atoms with E-state index in [0.29, 0.717) is 5.92 Å². The van der Waals surface area contributed by atoms with E-state index < -0.39 is 0 Å². The van der Waals surface area contributed by atoms with Crippen molar-refractivity contribution >= 4 is 0 Å². The van der Waals surface area contributed by atoms with Crippen LogP contribution in [0, 0.1) is 0 Å². The van der Waals surface area contributed by atoms with Gasteiger partial charge in [-0.1, -0.05) is 55.5 Å². The van der Waals surface area contributed by atoms with E-state index in [0.717, 1.165) is 6.42 Å². The summed E-state index contributed by atoms with van der Waals surface area (Å²) in [5, 5.41) is 0. The molecule has 1 unspecified atom stereocenters. The Morgan fingerprint density at radius 2 is 1.73 bits per heavy atom. The fourth-order valence-electron chi connectivity index (χ4n) is 2.35. The third kappa shape index (κ3) is 1.46. The topological polar surface area (TPSA) is 0 Å². The molecule has 0 fully saturated rings. The number of hydrogen-bond acceptors (Lipinski definition) is 0. The predicted octanol–water partition coefficient (Wildman–Crippen LogP) is 4.01. The van der Waals surface area contributed by atoms with E-state index in [4.69, 9.17) is 0 Å². The number of rotatable bonds is 0. The molecule has 2 aliphatic carbocycles. The van der Waals surface area contributed by atoms with Crippen molar-refractivity contribution in [1.82, 2.24) is 0 Å². The van der Waals surface area contributed by atoms with Crippen molar-refractivity contribution in [2.24, 2.45) is 0 Å². The van der Waals surface area contributed by atoms with Crippen LogP contribution in [0.15, 0.2) is 48.5 Å². The minimum Gasteiger partial charge on any atom is -0.0614 e. The van der Waals surface area contributed by atoms with Gasteiger partial charge in [-0.3, -0.25) is 0 Å². The van der Waals surface area contributed by atoms with Crippen molar-refractivity contribution in [2.75, 3.05) is 0 Å². The van der Waals surface area contributed by atoms with E-state index in [1.54, 1.807) is 0 Å². The van der Waals surface area contributed by atoms with Crippen molar-refractivity contribution in [3.05, 3.63) is 59.7 Å². The maximum Gasteiger partial charge on any atom is -0.0150 e. The first-order chi connectivity index (χ1) is 7.33. The zero-order valence-corrected chi connectivity index (χ0v) is 8.90. The summed E-state index contributed by atoms with van der Waals surface area (Å²) in [7, 11) is 0. The van der Waals surface area contributed by atoms with Gasteiger partial charge in [0.1, 0.15) is 0 Å². The van der Waals surface area contributed by atoms with Crippen LogP contribution in [-0.4, -0.2) is 0 Å². The standard InChI is InChI=1S/C15H14/c1-11-9-12-3-2-4-15(10-12)14-7-5-13(11)6-8-14/h2-8,10-11H,9H2,1H3. The average Bonchev–Trinajstić information content (AvgIpc) is 2.35. The molecule has 0 amide bonds. The van der Waals surface area contributed by atoms with Crippen molar-refractivity contribution in [2.45, 2.75) is 19.3 Å². The van der Waals surface area contributed by atoms with Gasteiger partial charge in [-0.15, -0.1) is 0 Å². The molecule has 0 saturated carbocycles. The van der Waals surface area contributed by atoms with Gasteiger partial charge >= 0.3 is 0 Å². The molecule has 1 atom stereocenters. The zero-order chi connectivity index (χ0) is 10.3. The fraction of sp³-hybridized carbons (Fsp3) is 0.200. The molecule has 0 heteroatoms. The highest BCUT2D eigenvalue weighted by Crippen LogP contribution is 2.29. The lowest BCUT2D eigenvalue weighted by atomic mass is 9.95. The quantitative estimate of drug-likeness (QED) is 0.594. The summed E-state index contributed by atoms with van der Waals surface area (Å²) in [6.45, 7) is 2.30. The first-order valence-electron chi connectivity index (χ1n) is 5.52. The second kappa shape index (κ2) is 3.23. The third-order valence-electron chi connectivity index (χ3n) is 3.28. The summed E-state index contributed by atoms with van der Waals surface area (Å²) in [6.07, 6.45) is 1.14. The van der Waals surface area contributed by atoms with E-state index in [1.807, 2.05) is 0 Å². The number of hydrogen-bond donors (Lipinski definition) is 0. The van der Waals surface area contributed by atoms with Gasteiger partial charge in [-0.2, -0.15) is 0 Å². The van der Waals surface area contributed by atoms with Gasteiger partial charge in [0.05, 0.1) is 0 Å². The molecule has 0 heterocycles. The average molecular weight is 194 g/mol. The van der Waals surface area contributed by atoms with Crippen LogP contribution < -0.4 is 0 Å². The molecule has 0 aliphatic heterocycles. The molecule has 2 aromatic carbocycles. The Hall–Kier alpha value is -1.56. The Bertz CT molecular complexity index is 480. The maximum atomic E-state index is 2.31. The van der Waals surface area contributed by atoms with Crippen LogP contribution in [0.25, 0.3) is 11.1 Å². The minimum atomic E-state index is 0.618. The largest absolute Gasteiger partial charge is 0.0614 e. The summed E-state index contributed by atoms with van der Waals surface area (Å²) in [4.78, 5) is 0. The molecule has 15 heavy (non-hydrogen) atoms. The van der Waals surface area contributed by atoms with Gasteiger partial charge < -0.3 is 0 Å². The van der Waals surface area contributed by atoms with Crippen molar-refractivity contribution in [3.63, 3.8) is 0 Å². The van der Waals surface area contributed by atoms with Crippen LogP contribution in [0.1, 0.15) is 24.0 Å². The van der Waals surface area contributed by atoms with Gasteiger partial charge in [0.2, 0.25) is 0 Å². The molecular weight excluding hydrogens is 180 g/mol. The van der Waals surface area contributed by atoms with E-state index in [2.05, 4.69) is 55.5 Å². The molecule has 0 saturated heterocycles. The minimum absolute atomic E-state index is 0.618. The highest BCUT2D eigenvalue weighted by atomic mass is 14.1. The molecule has 2 aliphatic rings. The van der Waals surface area contributed by atoms with Crippen molar-refractivity contribution in [3.8, 4) is 11.1 Å². The summed E-state index contributed by atoms with van der Waals surface area (Å²) in [5.41, 5.74) is 5.56. The smallest absolute Gasteiger partial charge is 0.0150 e. The molecule has 74 valence electrons. The van der Waals surface area contributed by atoms with Gasteiger partial charge in [0.25, 0.3) is 0 Å². The molecule has 0 spiro atoms. The Morgan fingerprint density at radius 1 is 0.933 bits per heavy atom. The molecule has 0 radical (unpaired) electrons. The van der Waals surface area contributed by atoms with Crippen LogP contribution in [0.4, 0.5) is 0 Å². The first-order valence-corrected chi connectivity index (χ1v) is 5.52. The van der Waals surface area contributed by atoms with Crippen LogP contribution in [-0.2, 0) is 6.42 Å². The maximum absolute atomic E-state index is 2.31. The van der Waals surface area contributed by atoms with Crippen LogP contribution >= 0.6 is 0 Å². The number of fused-ring (bicyclic) bond motifs is 3. The van der Waals surface area contributed by atoms with Crippen molar-refractivity contribution in [1.29, 1.82) is 0 Å². The van der Waals surface area contributed by atoms with Crippen LogP contribution in [0.5, 0.6) is 0 Å². The Balaban J connectivity index is 2.26. The summed E-state index contributed by atoms with van der Waals surface area (Å²) in [5.74, 6) is 0.618. The molecule has 0 N–H and O–H groups in total. The monoisotopic (exact) mass is 194 g/mol. The predicted molar refractivity (Wildman–Crippen MR) is 64.0 cm³/mol. The van der Waals surface area contributed by atoms with Gasteiger partial charge in [-0.25, -0.2) is 0 Å². The van der Waals surface area contributed by atoms with Crippen LogP contribution in [0.2, 0.25) is 0 Å². The molecule has 0 aromatic heterocycles. The zero-order valence-electron chi connectivity index (χ0n) is 8.90. The van der Waals surface area contributed by atoms with E-state index in [-0.39, 0.29) is 0 Å². The summed E-state index contributed by atoms with van der Waals surface area (Å²) >= 11 is 0. The Labute approximate surface area is 90.6 Å². The molecule has 4 rings (SSSR count). The van der Waals surface area contributed by atoms with E-state index in [1.165, 1.54) is 22.3 Å². The molecule has 2 aromatic rings. The molecular formula is C15H14. The highest BCUT2D eigenvalue weighted by Gasteiger charge is 2.10. The third-order valence-corrected chi connectivity index (χ3v) is 3.28. The van der Waals surface area contributed by atoms with Gasteiger partial charge in [-0.05, 0) is 34.6 Å². The summed E-state index contributed by atoms with van der Waals surface area (Å²) < 4.78 is 0. The normalized spacial score (nSPS) is 18.1. The number of benzene rings is 2. The second-order valence-electron chi connectivity index (χ2n) is 4.43. The SMILES string of the molecule is CC1Cc2cccc(c2)-c2ccc1cc2. The lowest BCUT2D eigenvalue weighted by Crippen LogP contribution is -1.96. The molecule has 0 nitrogen and oxygen atoms in total.